The molecule has 0 heterocycles. The van der Waals surface area contributed by atoms with E-state index in [1.54, 1.807) is 0 Å². The maximum absolute atomic E-state index is 2.25. The van der Waals surface area contributed by atoms with Gasteiger partial charge in [-0.05, 0) is 34.6 Å². The molecule has 0 radical (unpaired) electrons. The van der Waals surface area contributed by atoms with Crippen LogP contribution in [0.4, 0.5) is 0 Å². The van der Waals surface area contributed by atoms with Gasteiger partial charge in [-0.25, -0.2) is 0 Å². The molecule has 0 heteroatoms. The van der Waals surface area contributed by atoms with Crippen LogP contribution in [0.5, 0.6) is 0 Å². The molecule has 0 atom stereocenters. The van der Waals surface area contributed by atoms with E-state index in [-0.39, 0.29) is 0 Å². The zero-order chi connectivity index (χ0) is 13.7. The SMILES string of the molecule is CCCC(C)C.c1ccc2c(c1)Cc1ccccc1-2. The molecule has 2 aromatic rings. The van der Waals surface area contributed by atoms with Gasteiger partial charge < -0.3 is 0 Å². The first-order valence-corrected chi connectivity index (χ1v) is 7.38. The van der Waals surface area contributed by atoms with Gasteiger partial charge in [-0.1, -0.05) is 82.1 Å². The van der Waals surface area contributed by atoms with Crippen LogP contribution in [0.15, 0.2) is 48.5 Å². The monoisotopic (exact) mass is 252 g/mol. The predicted molar refractivity (Wildman–Crippen MR) is 84.4 cm³/mol. The van der Waals surface area contributed by atoms with E-state index in [1.165, 1.54) is 35.1 Å². The van der Waals surface area contributed by atoms with Crippen LogP contribution >= 0.6 is 0 Å². The minimum atomic E-state index is 0.898. The number of benzene rings is 2. The number of hydrogen-bond donors (Lipinski definition) is 0. The Balaban J connectivity index is 0.000000192. The zero-order valence-corrected chi connectivity index (χ0v) is 12.3. The first kappa shape index (κ1) is 13.9. The van der Waals surface area contributed by atoms with Crippen LogP contribution in [0, 0.1) is 5.92 Å². The Hall–Kier alpha value is -1.56. The third-order valence-electron chi connectivity index (χ3n) is 3.57. The molecule has 0 N–H and O–H groups in total. The highest BCUT2D eigenvalue weighted by molar-refractivity contribution is 5.76. The molecular weight excluding hydrogens is 228 g/mol. The standard InChI is InChI=1S/C13H10.C6H14/c1-3-7-12-10(5-1)9-11-6-2-4-8-13(11)12;1-4-5-6(2)3/h1-8H,9H2;6H,4-5H2,1-3H3. The van der Waals surface area contributed by atoms with Crippen molar-refractivity contribution < 1.29 is 0 Å². The lowest BCUT2D eigenvalue weighted by molar-refractivity contribution is 0.576. The molecule has 0 saturated heterocycles. The molecule has 0 bridgehead atoms. The summed E-state index contributed by atoms with van der Waals surface area (Å²) in [5, 5.41) is 0. The van der Waals surface area contributed by atoms with Crippen molar-refractivity contribution in [1.82, 2.24) is 0 Å². The largest absolute Gasteiger partial charge is 0.0654 e. The van der Waals surface area contributed by atoms with Crippen molar-refractivity contribution in [3.8, 4) is 11.1 Å². The summed E-state index contributed by atoms with van der Waals surface area (Å²) in [6.45, 7) is 6.73. The van der Waals surface area contributed by atoms with Crippen LogP contribution in [0.1, 0.15) is 44.7 Å². The lowest BCUT2D eigenvalue weighted by Gasteiger charge is -1.98. The molecule has 100 valence electrons. The summed E-state index contributed by atoms with van der Waals surface area (Å²) < 4.78 is 0. The Kier molecular flexibility index (Phi) is 4.79. The van der Waals surface area contributed by atoms with Gasteiger partial charge >= 0.3 is 0 Å². The lowest BCUT2D eigenvalue weighted by Crippen LogP contribution is -1.81. The molecule has 0 fully saturated rings. The molecule has 0 aliphatic heterocycles. The molecule has 3 rings (SSSR count). The third kappa shape index (κ3) is 3.47. The first-order valence-electron chi connectivity index (χ1n) is 7.38. The summed E-state index contributed by atoms with van der Waals surface area (Å²) in [5.74, 6) is 0.898. The Bertz CT molecular complexity index is 480. The fourth-order valence-electron chi connectivity index (χ4n) is 2.66. The summed E-state index contributed by atoms with van der Waals surface area (Å²) >= 11 is 0. The maximum atomic E-state index is 2.25. The topological polar surface area (TPSA) is 0 Å². The molecule has 1 aliphatic rings. The average Bonchev–Trinajstić information content (AvgIpc) is 2.78. The molecule has 0 saturated carbocycles. The summed E-state index contributed by atoms with van der Waals surface area (Å²) in [4.78, 5) is 0. The van der Waals surface area contributed by atoms with Crippen molar-refractivity contribution in [1.29, 1.82) is 0 Å². The normalized spacial score (nSPS) is 11.6. The van der Waals surface area contributed by atoms with Crippen LogP contribution in [0.2, 0.25) is 0 Å². The zero-order valence-electron chi connectivity index (χ0n) is 12.3. The second kappa shape index (κ2) is 6.56. The van der Waals surface area contributed by atoms with Gasteiger partial charge in [-0.2, -0.15) is 0 Å². The van der Waals surface area contributed by atoms with E-state index >= 15 is 0 Å². The van der Waals surface area contributed by atoms with Gasteiger partial charge in [0.15, 0.2) is 0 Å². The molecule has 0 unspecified atom stereocenters. The van der Waals surface area contributed by atoms with E-state index in [2.05, 4.69) is 69.3 Å². The van der Waals surface area contributed by atoms with E-state index < -0.39 is 0 Å². The maximum Gasteiger partial charge on any atom is -0.00135 e. The minimum absolute atomic E-state index is 0.898. The molecule has 0 amide bonds. The molecule has 0 spiro atoms. The second-order valence-electron chi connectivity index (χ2n) is 5.67. The van der Waals surface area contributed by atoms with Gasteiger partial charge in [0.2, 0.25) is 0 Å². The lowest BCUT2D eigenvalue weighted by atomic mass is 10.1. The van der Waals surface area contributed by atoms with Crippen molar-refractivity contribution in [2.75, 3.05) is 0 Å². The van der Waals surface area contributed by atoms with Crippen molar-refractivity contribution in [2.45, 2.75) is 40.0 Å². The number of rotatable bonds is 2. The third-order valence-corrected chi connectivity index (χ3v) is 3.57. The van der Waals surface area contributed by atoms with Crippen LogP contribution in [-0.2, 0) is 6.42 Å². The van der Waals surface area contributed by atoms with Gasteiger partial charge in [0.05, 0.1) is 0 Å². The van der Waals surface area contributed by atoms with E-state index in [0.29, 0.717) is 0 Å². The van der Waals surface area contributed by atoms with Gasteiger partial charge in [0.1, 0.15) is 0 Å². The second-order valence-corrected chi connectivity index (χ2v) is 5.67. The molecule has 1 aliphatic carbocycles. The van der Waals surface area contributed by atoms with Crippen molar-refractivity contribution in [3.63, 3.8) is 0 Å². The van der Waals surface area contributed by atoms with E-state index in [9.17, 15) is 0 Å². The predicted octanol–water partition coefficient (Wildman–Crippen LogP) is 5.70. The Morgan fingerprint density at radius 3 is 1.68 bits per heavy atom. The van der Waals surface area contributed by atoms with Crippen LogP contribution in [0.25, 0.3) is 11.1 Å². The highest BCUT2D eigenvalue weighted by atomic mass is 14.2. The summed E-state index contributed by atoms with van der Waals surface area (Å²) in [5.41, 5.74) is 5.75. The summed E-state index contributed by atoms with van der Waals surface area (Å²) in [6, 6.07) is 17.3. The Labute approximate surface area is 117 Å². The quantitative estimate of drug-likeness (QED) is 0.548. The van der Waals surface area contributed by atoms with Crippen LogP contribution in [0.3, 0.4) is 0 Å². The summed E-state index contributed by atoms with van der Waals surface area (Å²) in [7, 11) is 0. The van der Waals surface area contributed by atoms with Crippen LogP contribution < -0.4 is 0 Å². The van der Waals surface area contributed by atoms with Gasteiger partial charge in [-0.15, -0.1) is 0 Å². The molecule has 19 heavy (non-hydrogen) atoms. The van der Waals surface area contributed by atoms with E-state index in [0.717, 1.165) is 12.3 Å². The fraction of sp³-hybridized carbons (Fsp3) is 0.368. The summed E-state index contributed by atoms with van der Waals surface area (Å²) in [6.07, 6.45) is 3.81. The molecule has 0 nitrogen and oxygen atoms in total. The fourth-order valence-corrected chi connectivity index (χ4v) is 2.66. The van der Waals surface area contributed by atoms with E-state index in [4.69, 9.17) is 0 Å². The van der Waals surface area contributed by atoms with Gasteiger partial charge in [0, 0.05) is 0 Å². The van der Waals surface area contributed by atoms with Crippen LogP contribution in [-0.4, -0.2) is 0 Å². The molecular formula is C19H24. The van der Waals surface area contributed by atoms with Crippen molar-refractivity contribution in [3.05, 3.63) is 59.7 Å². The van der Waals surface area contributed by atoms with Crippen molar-refractivity contribution >= 4 is 0 Å². The smallest absolute Gasteiger partial charge is 0.00135 e. The highest BCUT2D eigenvalue weighted by Gasteiger charge is 2.15. The molecule has 0 aromatic heterocycles. The van der Waals surface area contributed by atoms with Gasteiger partial charge in [-0.3, -0.25) is 0 Å². The minimum Gasteiger partial charge on any atom is -0.0654 e. The average molecular weight is 252 g/mol. The number of fused-ring (bicyclic) bond motifs is 3. The highest BCUT2D eigenvalue weighted by Crippen LogP contribution is 2.35. The number of hydrogen-bond acceptors (Lipinski definition) is 0. The Morgan fingerprint density at radius 2 is 1.32 bits per heavy atom. The molecule has 2 aromatic carbocycles. The first-order chi connectivity index (χ1) is 9.22. The van der Waals surface area contributed by atoms with E-state index in [1.807, 2.05) is 0 Å². The van der Waals surface area contributed by atoms with Crippen molar-refractivity contribution in [2.24, 2.45) is 5.92 Å². The van der Waals surface area contributed by atoms with Gasteiger partial charge in [0.25, 0.3) is 0 Å². The Morgan fingerprint density at radius 1 is 0.842 bits per heavy atom.